The van der Waals surface area contributed by atoms with Crippen molar-refractivity contribution in [3.8, 4) is 0 Å². The summed E-state index contributed by atoms with van der Waals surface area (Å²) in [6.45, 7) is 11.4. The van der Waals surface area contributed by atoms with Gasteiger partial charge in [0, 0.05) is 43.5 Å². The Labute approximate surface area is 175 Å². The first-order valence-corrected chi connectivity index (χ1v) is 11.5. The second-order valence-corrected chi connectivity index (χ2v) is 12.0. The molecule has 1 aromatic carbocycles. The Hall–Kier alpha value is -1.91. The number of rotatable bonds is 5. The van der Waals surface area contributed by atoms with Crippen LogP contribution in [0.25, 0.3) is 0 Å². The first kappa shape index (κ1) is 22.8. The molecule has 12 heteroatoms. The molecule has 166 valence electrons. The molecule has 0 amide bonds. The molecule has 0 atom stereocenters. The highest BCUT2D eigenvalue weighted by atomic mass is 31.2. The molecule has 0 radical (unpaired) electrons. The summed E-state index contributed by atoms with van der Waals surface area (Å²) in [5.74, 6) is 0. The lowest BCUT2D eigenvalue weighted by atomic mass is 10.2. The maximum Gasteiger partial charge on any atom is 0.278 e. The fraction of sp³-hybridized carbons (Fsp3) is 0.667. The molecule has 0 spiro atoms. The van der Waals surface area contributed by atoms with E-state index in [1.54, 1.807) is 0 Å². The Morgan fingerprint density at radius 3 is 1.60 bits per heavy atom. The van der Waals surface area contributed by atoms with E-state index in [1.807, 2.05) is 0 Å². The highest BCUT2D eigenvalue weighted by Crippen LogP contribution is 2.67. The summed E-state index contributed by atoms with van der Waals surface area (Å²) in [6.07, 6.45) is 0. The van der Waals surface area contributed by atoms with Crippen molar-refractivity contribution in [1.29, 1.82) is 0 Å². The summed E-state index contributed by atoms with van der Waals surface area (Å²) in [7, 11) is -2.47. The van der Waals surface area contributed by atoms with Crippen molar-refractivity contribution in [3.05, 3.63) is 38.4 Å². The zero-order chi connectivity index (χ0) is 21.9. The van der Waals surface area contributed by atoms with Crippen LogP contribution in [0.1, 0.15) is 20.8 Å². The number of ether oxygens (including phenoxy) is 2. The minimum atomic E-state index is -2.47. The van der Waals surface area contributed by atoms with Crippen LogP contribution < -0.4 is 0 Å². The van der Waals surface area contributed by atoms with Gasteiger partial charge in [0.1, 0.15) is 7.36 Å². The van der Waals surface area contributed by atoms with Gasteiger partial charge in [-0.25, -0.2) is 4.74 Å². The van der Waals surface area contributed by atoms with Gasteiger partial charge < -0.3 is 9.47 Å². The average molecular weight is 441 g/mol. The van der Waals surface area contributed by atoms with Crippen molar-refractivity contribution in [3.63, 3.8) is 0 Å². The van der Waals surface area contributed by atoms with E-state index in [9.17, 15) is 20.2 Å². The summed E-state index contributed by atoms with van der Waals surface area (Å²) in [6, 6.07) is 3.63. The van der Waals surface area contributed by atoms with Crippen molar-refractivity contribution < 1.29 is 19.3 Å². The largest absolute Gasteiger partial charge is 0.379 e. The van der Waals surface area contributed by atoms with Gasteiger partial charge in [0.05, 0.1) is 48.0 Å². The summed E-state index contributed by atoms with van der Waals surface area (Å²) in [4.78, 5) is 21.5. The highest BCUT2D eigenvalue weighted by Gasteiger charge is 2.45. The number of hydrogen-bond donors (Lipinski definition) is 0. The van der Waals surface area contributed by atoms with E-state index < -0.39 is 17.2 Å². The van der Waals surface area contributed by atoms with E-state index in [1.165, 1.54) is 12.1 Å². The van der Waals surface area contributed by atoms with Crippen LogP contribution in [0.5, 0.6) is 0 Å². The van der Waals surface area contributed by atoms with Gasteiger partial charge in [-0.15, -0.1) is 0 Å². The zero-order valence-electron chi connectivity index (χ0n) is 17.5. The molecule has 0 aliphatic carbocycles. The summed E-state index contributed by atoms with van der Waals surface area (Å²) in [5.41, 5.74) is -0.407. The van der Waals surface area contributed by atoms with Gasteiger partial charge in [-0.3, -0.25) is 29.6 Å². The van der Waals surface area contributed by atoms with Crippen molar-refractivity contribution >= 4 is 24.4 Å². The number of morpholine rings is 2. The maximum atomic E-state index is 11.4. The standard InChI is InChI=1S/C18H28N5O6P/c1-18(2,3)30(20-4-8-28-9-5-20,21-6-10-29-11-7-21)19-15-12-16(22(24)25)14-17(13-15)23(26)27/h12-14H,4-11H2,1-3H3. The summed E-state index contributed by atoms with van der Waals surface area (Å²) in [5, 5.41) is 22.5. The van der Waals surface area contributed by atoms with Gasteiger partial charge in [0.25, 0.3) is 11.4 Å². The van der Waals surface area contributed by atoms with Crippen molar-refractivity contribution in [1.82, 2.24) is 9.34 Å². The monoisotopic (exact) mass is 441 g/mol. The SMILES string of the molecule is CC(C)(C)P(=Nc1cc([N+](=O)[O-])cc([N+](=O)[O-])c1)(N1CCOCC1)N1CCOCC1. The lowest BCUT2D eigenvalue weighted by molar-refractivity contribution is -0.394. The Kier molecular flexibility index (Phi) is 6.88. The molecule has 11 nitrogen and oxygen atoms in total. The number of non-ortho nitro benzene ring substituents is 2. The Morgan fingerprint density at radius 2 is 1.27 bits per heavy atom. The molecule has 3 rings (SSSR count). The molecule has 0 bridgehead atoms. The van der Waals surface area contributed by atoms with Crippen LogP contribution in [0.3, 0.4) is 0 Å². The third kappa shape index (κ3) is 4.55. The second-order valence-electron chi connectivity index (χ2n) is 8.19. The molecule has 2 aliphatic rings. The van der Waals surface area contributed by atoms with E-state index >= 15 is 0 Å². The molecule has 0 aromatic heterocycles. The highest BCUT2D eigenvalue weighted by molar-refractivity contribution is 7.63. The number of nitro groups is 2. The summed E-state index contributed by atoms with van der Waals surface area (Å²) < 4.78 is 20.9. The van der Waals surface area contributed by atoms with Gasteiger partial charge in [-0.2, -0.15) is 0 Å². The van der Waals surface area contributed by atoms with E-state index in [4.69, 9.17) is 14.2 Å². The molecule has 2 saturated heterocycles. The van der Waals surface area contributed by atoms with E-state index in [2.05, 4.69) is 30.1 Å². The first-order valence-electron chi connectivity index (χ1n) is 9.88. The molecule has 2 heterocycles. The molecule has 1 aromatic rings. The van der Waals surface area contributed by atoms with E-state index in [0.717, 1.165) is 6.07 Å². The topological polar surface area (TPSA) is 124 Å². The Balaban J connectivity index is 2.26. The summed E-state index contributed by atoms with van der Waals surface area (Å²) >= 11 is 0. The molecule has 2 fully saturated rings. The molecule has 0 N–H and O–H groups in total. The van der Waals surface area contributed by atoms with Gasteiger partial charge in [0.2, 0.25) is 0 Å². The maximum absolute atomic E-state index is 11.4. The van der Waals surface area contributed by atoms with Crippen molar-refractivity contribution in [2.45, 2.75) is 25.9 Å². The number of nitro benzene ring substituents is 2. The van der Waals surface area contributed by atoms with Gasteiger partial charge in [0.15, 0.2) is 0 Å². The van der Waals surface area contributed by atoms with Crippen LogP contribution in [0.15, 0.2) is 22.9 Å². The minimum Gasteiger partial charge on any atom is -0.379 e. The molecule has 2 aliphatic heterocycles. The molecular weight excluding hydrogens is 413 g/mol. The molecule has 30 heavy (non-hydrogen) atoms. The number of nitrogens with zero attached hydrogens (tertiary/aromatic N) is 5. The van der Waals surface area contributed by atoms with Gasteiger partial charge in [-0.1, -0.05) is 20.8 Å². The quantitative estimate of drug-likeness (QED) is 0.385. The normalized spacial score (nSPS) is 19.4. The predicted molar refractivity (Wildman–Crippen MR) is 113 cm³/mol. The van der Waals surface area contributed by atoms with Crippen molar-refractivity contribution in [2.24, 2.45) is 4.74 Å². The van der Waals surface area contributed by atoms with E-state index in [-0.39, 0.29) is 22.2 Å². The van der Waals surface area contributed by atoms with Crippen molar-refractivity contribution in [2.75, 3.05) is 52.6 Å². The number of hydrogen-bond acceptors (Lipinski definition) is 7. The van der Waals surface area contributed by atoms with E-state index in [0.29, 0.717) is 52.6 Å². The third-order valence-corrected chi connectivity index (χ3v) is 9.92. The lowest BCUT2D eigenvalue weighted by Gasteiger charge is -2.52. The molecule has 0 unspecified atom stereocenters. The Bertz CT molecular complexity index is 805. The second kappa shape index (κ2) is 9.07. The fourth-order valence-corrected chi connectivity index (χ4v) is 8.47. The Morgan fingerprint density at radius 1 is 0.867 bits per heavy atom. The third-order valence-electron chi connectivity index (χ3n) is 5.23. The molecular formula is C18H28N5O6P. The lowest BCUT2D eigenvalue weighted by Crippen LogP contribution is -2.48. The first-order chi connectivity index (χ1) is 14.1. The smallest absolute Gasteiger partial charge is 0.278 e. The van der Waals surface area contributed by atoms with Gasteiger partial charge >= 0.3 is 0 Å². The van der Waals surface area contributed by atoms with Crippen LogP contribution in [-0.4, -0.2) is 77.0 Å². The predicted octanol–water partition coefficient (Wildman–Crippen LogP) is 3.63. The minimum absolute atomic E-state index is 0.261. The molecule has 0 saturated carbocycles. The van der Waals surface area contributed by atoms with Crippen LogP contribution in [0.4, 0.5) is 17.1 Å². The zero-order valence-corrected chi connectivity index (χ0v) is 18.4. The van der Waals surface area contributed by atoms with Crippen LogP contribution in [0.2, 0.25) is 0 Å². The van der Waals surface area contributed by atoms with Crippen LogP contribution in [0, 0.1) is 20.2 Å². The fourth-order valence-electron chi connectivity index (χ4n) is 3.98. The van der Waals surface area contributed by atoms with Gasteiger partial charge in [-0.05, 0) is 0 Å². The van der Waals surface area contributed by atoms with Crippen LogP contribution >= 0.6 is 7.36 Å². The van der Waals surface area contributed by atoms with Crippen LogP contribution in [-0.2, 0) is 9.47 Å². The average Bonchev–Trinajstić information content (AvgIpc) is 2.72. The number of benzene rings is 1.